The highest BCUT2D eigenvalue weighted by atomic mass is 32.1. The summed E-state index contributed by atoms with van der Waals surface area (Å²) in [6, 6.07) is 18.5. The number of thiazole rings is 1. The van der Waals surface area contributed by atoms with E-state index in [2.05, 4.69) is 23.1 Å². The lowest BCUT2D eigenvalue weighted by Crippen LogP contribution is -2.38. The van der Waals surface area contributed by atoms with Crippen molar-refractivity contribution < 1.29 is 4.74 Å². The molecule has 3 aromatic rings. The summed E-state index contributed by atoms with van der Waals surface area (Å²) in [4.78, 5) is 7.13. The Bertz CT molecular complexity index is 715. The third-order valence-electron chi connectivity index (χ3n) is 4.04. The molecule has 0 bridgehead atoms. The average Bonchev–Trinajstić information content (AvgIpc) is 3.00. The summed E-state index contributed by atoms with van der Waals surface area (Å²) in [5.41, 5.74) is 1.10. The van der Waals surface area contributed by atoms with E-state index in [-0.39, 0.29) is 0 Å². The molecule has 0 aliphatic carbocycles. The Kier molecular flexibility index (Phi) is 3.69. The number of piperidine rings is 1. The number of benzene rings is 2. The molecule has 2 aromatic carbocycles. The van der Waals surface area contributed by atoms with Gasteiger partial charge >= 0.3 is 0 Å². The van der Waals surface area contributed by atoms with Crippen molar-refractivity contribution in [2.24, 2.45) is 0 Å². The first kappa shape index (κ1) is 13.6. The first-order valence-corrected chi connectivity index (χ1v) is 8.52. The number of hydrogen-bond acceptors (Lipinski definition) is 4. The van der Waals surface area contributed by atoms with Gasteiger partial charge in [0.25, 0.3) is 0 Å². The van der Waals surface area contributed by atoms with E-state index in [0.29, 0.717) is 6.10 Å². The van der Waals surface area contributed by atoms with E-state index in [0.717, 1.165) is 42.3 Å². The highest BCUT2D eigenvalue weighted by molar-refractivity contribution is 7.22. The van der Waals surface area contributed by atoms with Crippen LogP contribution in [-0.2, 0) is 0 Å². The monoisotopic (exact) mass is 310 g/mol. The van der Waals surface area contributed by atoms with Crippen molar-refractivity contribution >= 4 is 26.7 Å². The van der Waals surface area contributed by atoms with Crippen LogP contribution in [0, 0.1) is 0 Å². The molecule has 0 radical (unpaired) electrons. The van der Waals surface area contributed by atoms with E-state index < -0.39 is 0 Å². The van der Waals surface area contributed by atoms with Gasteiger partial charge in [0.05, 0.1) is 10.2 Å². The van der Waals surface area contributed by atoms with Gasteiger partial charge in [-0.3, -0.25) is 0 Å². The lowest BCUT2D eigenvalue weighted by atomic mass is 10.1. The van der Waals surface area contributed by atoms with Crippen LogP contribution < -0.4 is 9.64 Å². The van der Waals surface area contributed by atoms with Gasteiger partial charge in [-0.05, 0) is 24.3 Å². The lowest BCUT2D eigenvalue weighted by molar-refractivity contribution is 0.171. The molecular weight excluding hydrogens is 292 g/mol. The van der Waals surface area contributed by atoms with Crippen LogP contribution in [0.25, 0.3) is 10.2 Å². The number of anilines is 1. The molecule has 112 valence electrons. The van der Waals surface area contributed by atoms with Crippen molar-refractivity contribution in [3.8, 4) is 5.75 Å². The highest BCUT2D eigenvalue weighted by Gasteiger charge is 2.22. The van der Waals surface area contributed by atoms with E-state index >= 15 is 0 Å². The Hall–Kier alpha value is -2.07. The molecule has 2 heterocycles. The molecule has 3 nitrogen and oxygen atoms in total. The molecule has 4 heteroatoms. The number of nitrogens with zero attached hydrogens (tertiary/aromatic N) is 2. The minimum atomic E-state index is 0.313. The minimum Gasteiger partial charge on any atom is -0.490 e. The van der Waals surface area contributed by atoms with Gasteiger partial charge in [0.15, 0.2) is 5.13 Å². The summed E-state index contributed by atoms with van der Waals surface area (Å²) < 4.78 is 7.32. The summed E-state index contributed by atoms with van der Waals surface area (Å²) in [5, 5.41) is 1.14. The number of rotatable bonds is 3. The Morgan fingerprint density at radius 2 is 1.68 bits per heavy atom. The van der Waals surface area contributed by atoms with Crippen LogP contribution >= 0.6 is 11.3 Å². The lowest BCUT2D eigenvalue weighted by Gasteiger charge is -2.31. The van der Waals surface area contributed by atoms with Gasteiger partial charge in [0, 0.05) is 25.9 Å². The normalized spacial score (nSPS) is 16.1. The van der Waals surface area contributed by atoms with Gasteiger partial charge in [0.1, 0.15) is 11.9 Å². The zero-order chi connectivity index (χ0) is 14.8. The van der Waals surface area contributed by atoms with Crippen LogP contribution in [0.5, 0.6) is 5.75 Å². The topological polar surface area (TPSA) is 25.4 Å². The fourth-order valence-corrected chi connectivity index (χ4v) is 3.87. The molecule has 1 aliphatic rings. The fourth-order valence-electron chi connectivity index (χ4n) is 2.85. The second-order valence-corrected chi connectivity index (χ2v) is 6.59. The fraction of sp³-hybridized carbons (Fsp3) is 0.278. The van der Waals surface area contributed by atoms with Gasteiger partial charge < -0.3 is 9.64 Å². The van der Waals surface area contributed by atoms with Gasteiger partial charge in [-0.1, -0.05) is 41.7 Å². The molecule has 1 aliphatic heterocycles. The first-order valence-electron chi connectivity index (χ1n) is 7.71. The van der Waals surface area contributed by atoms with Gasteiger partial charge in [-0.25, -0.2) is 4.98 Å². The Labute approximate surface area is 134 Å². The van der Waals surface area contributed by atoms with Crippen molar-refractivity contribution in [3.05, 3.63) is 54.6 Å². The summed E-state index contributed by atoms with van der Waals surface area (Å²) in [6.07, 6.45) is 2.41. The standard InChI is InChI=1S/C18H18N2OS/c1-2-6-14(7-3-1)21-15-10-12-20(13-11-15)18-19-16-8-4-5-9-17(16)22-18/h1-9,15H,10-13H2. The van der Waals surface area contributed by atoms with E-state index in [4.69, 9.17) is 9.72 Å². The largest absolute Gasteiger partial charge is 0.490 e. The number of fused-ring (bicyclic) bond motifs is 1. The molecule has 0 unspecified atom stereocenters. The van der Waals surface area contributed by atoms with Crippen molar-refractivity contribution in [1.82, 2.24) is 4.98 Å². The van der Waals surface area contributed by atoms with Crippen LogP contribution in [0.3, 0.4) is 0 Å². The quantitative estimate of drug-likeness (QED) is 0.719. The van der Waals surface area contributed by atoms with Crippen molar-refractivity contribution in [3.63, 3.8) is 0 Å². The number of aromatic nitrogens is 1. The predicted molar refractivity (Wildman–Crippen MR) is 91.9 cm³/mol. The smallest absolute Gasteiger partial charge is 0.186 e. The molecule has 1 aromatic heterocycles. The van der Waals surface area contributed by atoms with E-state index in [9.17, 15) is 0 Å². The molecule has 0 saturated carbocycles. The van der Waals surface area contributed by atoms with Crippen molar-refractivity contribution in [2.45, 2.75) is 18.9 Å². The molecular formula is C18H18N2OS. The van der Waals surface area contributed by atoms with Gasteiger partial charge in [-0.15, -0.1) is 0 Å². The maximum atomic E-state index is 6.05. The van der Waals surface area contributed by atoms with Crippen LogP contribution in [0.1, 0.15) is 12.8 Å². The Balaban J connectivity index is 1.41. The zero-order valence-corrected chi connectivity index (χ0v) is 13.1. The average molecular weight is 310 g/mol. The summed E-state index contributed by atoms with van der Waals surface area (Å²) in [6.45, 7) is 2.02. The van der Waals surface area contributed by atoms with Gasteiger partial charge in [0.2, 0.25) is 0 Å². The van der Waals surface area contributed by atoms with Crippen molar-refractivity contribution in [2.75, 3.05) is 18.0 Å². The molecule has 0 spiro atoms. The Morgan fingerprint density at radius 3 is 2.45 bits per heavy atom. The van der Waals surface area contributed by atoms with E-state index in [1.54, 1.807) is 11.3 Å². The maximum absolute atomic E-state index is 6.05. The number of ether oxygens (including phenoxy) is 1. The van der Waals surface area contributed by atoms with Crippen LogP contribution in [0.2, 0.25) is 0 Å². The third-order valence-corrected chi connectivity index (χ3v) is 5.14. The first-order chi connectivity index (χ1) is 10.9. The molecule has 0 N–H and O–H groups in total. The van der Waals surface area contributed by atoms with Crippen LogP contribution in [0.4, 0.5) is 5.13 Å². The van der Waals surface area contributed by atoms with Crippen LogP contribution in [0.15, 0.2) is 54.6 Å². The third kappa shape index (κ3) is 2.79. The summed E-state index contributed by atoms with van der Waals surface area (Å²) in [5.74, 6) is 0.973. The number of hydrogen-bond donors (Lipinski definition) is 0. The highest BCUT2D eigenvalue weighted by Crippen LogP contribution is 2.30. The van der Waals surface area contributed by atoms with Gasteiger partial charge in [-0.2, -0.15) is 0 Å². The molecule has 0 amide bonds. The second kappa shape index (κ2) is 5.97. The zero-order valence-electron chi connectivity index (χ0n) is 12.3. The predicted octanol–water partition coefficient (Wildman–Crippen LogP) is 4.34. The summed E-state index contributed by atoms with van der Waals surface area (Å²) >= 11 is 1.78. The minimum absolute atomic E-state index is 0.313. The molecule has 22 heavy (non-hydrogen) atoms. The summed E-state index contributed by atoms with van der Waals surface area (Å²) in [7, 11) is 0. The van der Waals surface area contributed by atoms with Crippen LogP contribution in [-0.4, -0.2) is 24.2 Å². The maximum Gasteiger partial charge on any atom is 0.186 e. The molecule has 1 fully saturated rings. The SMILES string of the molecule is c1ccc(OC2CCN(c3nc4ccccc4s3)CC2)cc1. The molecule has 0 atom stereocenters. The number of para-hydroxylation sites is 2. The molecule has 4 rings (SSSR count). The van der Waals surface area contributed by atoms with E-state index in [1.807, 2.05) is 36.4 Å². The van der Waals surface area contributed by atoms with Crippen molar-refractivity contribution in [1.29, 1.82) is 0 Å². The second-order valence-electron chi connectivity index (χ2n) is 5.58. The molecule has 1 saturated heterocycles. The Morgan fingerprint density at radius 1 is 0.955 bits per heavy atom. The van der Waals surface area contributed by atoms with E-state index in [1.165, 1.54) is 4.70 Å².